The molecule has 1 rings (SSSR count). The number of ether oxygens (including phenoxy) is 1. The molecule has 2 N–H and O–H groups in total. The summed E-state index contributed by atoms with van der Waals surface area (Å²) in [6, 6.07) is 0.671. The predicted octanol–water partition coefficient (Wildman–Crippen LogP) is 1.61. The maximum absolute atomic E-state index is 5.94. The van der Waals surface area contributed by atoms with E-state index in [2.05, 4.69) is 18.7 Å². The summed E-state index contributed by atoms with van der Waals surface area (Å²) in [7, 11) is 1.76. The fraction of sp³-hybridized carbons (Fsp3) is 1.00. The highest BCUT2D eigenvalue weighted by atomic mass is 16.5. The Bertz CT molecular complexity index is 186. The van der Waals surface area contributed by atoms with Gasteiger partial charge in [-0.05, 0) is 39.7 Å². The lowest BCUT2D eigenvalue weighted by molar-refractivity contribution is 0.0189. The van der Waals surface area contributed by atoms with Gasteiger partial charge in [0.05, 0.1) is 0 Å². The first-order valence-corrected chi connectivity index (χ1v) is 6.10. The SMILES string of the molecule is COCCC(C)(CN)N1CCCCC1C. The van der Waals surface area contributed by atoms with Crippen molar-refractivity contribution in [3.8, 4) is 0 Å². The minimum absolute atomic E-state index is 0.121. The van der Waals surface area contributed by atoms with Gasteiger partial charge in [-0.1, -0.05) is 6.42 Å². The zero-order chi connectivity index (χ0) is 11.3. The molecule has 0 aliphatic carbocycles. The first-order chi connectivity index (χ1) is 7.14. The summed E-state index contributed by atoms with van der Waals surface area (Å²) in [6.45, 7) is 7.31. The van der Waals surface area contributed by atoms with Gasteiger partial charge in [-0.25, -0.2) is 0 Å². The molecule has 1 aliphatic heterocycles. The van der Waals surface area contributed by atoms with Gasteiger partial charge in [0.25, 0.3) is 0 Å². The summed E-state index contributed by atoms with van der Waals surface area (Å²) in [5.41, 5.74) is 6.06. The summed E-state index contributed by atoms with van der Waals surface area (Å²) < 4.78 is 5.18. The highest BCUT2D eigenvalue weighted by molar-refractivity contribution is 4.91. The van der Waals surface area contributed by atoms with Crippen LogP contribution in [0, 0.1) is 0 Å². The zero-order valence-electron chi connectivity index (χ0n) is 10.5. The van der Waals surface area contributed by atoms with Crippen molar-refractivity contribution < 1.29 is 4.74 Å². The molecule has 3 nitrogen and oxygen atoms in total. The highest BCUT2D eigenvalue weighted by Crippen LogP contribution is 2.27. The fourth-order valence-electron chi connectivity index (χ4n) is 2.58. The van der Waals surface area contributed by atoms with Crippen LogP contribution in [0.25, 0.3) is 0 Å². The average molecular weight is 214 g/mol. The Morgan fingerprint density at radius 3 is 2.73 bits per heavy atom. The molecule has 15 heavy (non-hydrogen) atoms. The van der Waals surface area contributed by atoms with Crippen molar-refractivity contribution in [3.05, 3.63) is 0 Å². The van der Waals surface area contributed by atoms with E-state index in [9.17, 15) is 0 Å². The van der Waals surface area contributed by atoms with Gasteiger partial charge in [0.1, 0.15) is 0 Å². The van der Waals surface area contributed by atoms with Crippen LogP contribution < -0.4 is 5.73 Å². The van der Waals surface area contributed by atoms with Crippen molar-refractivity contribution in [2.45, 2.75) is 51.1 Å². The molecule has 2 unspecified atom stereocenters. The van der Waals surface area contributed by atoms with Gasteiger partial charge in [-0.2, -0.15) is 0 Å². The third kappa shape index (κ3) is 3.16. The number of piperidine rings is 1. The summed E-state index contributed by atoms with van der Waals surface area (Å²) in [5, 5.41) is 0. The first kappa shape index (κ1) is 12.9. The molecule has 0 bridgehead atoms. The maximum Gasteiger partial charge on any atom is 0.0480 e. The van der Waals surface area contributed by atoms with Gasteiger partial charge in [-0.3, -0.25) is 4.90 Å². The van der Waals surface area contributed by atoms with E-state index in [0.717, 1.165) is 19.6 Å². The molecule has 1 heterocycles. The molecule has 1 aliphatic rings. The third-order valence-electron chi connectivity index (χ3n) is 3.78. The third-order valence-corrected chi connectivity index (χ3v) is 3.78. The minimum atomic E-state index is 0.121. The molecule has 0 amide bonds. The maximum atomic E-state index is 5.94. The lowest BCUT2D eigenvalue weighted by Crippen LogP contribution is -2.57. The Balaban J connectivity index is 2.61. The second-order valence-corrected chi connectivity index (χ2v) is 4.98. The standard InChI is InChI=1S/C12H26N2O/c1-11-6-4-5-8-14(11)12(2,10-13)7-9-15-3/h11H,4-10,13H2,1-3H3. The van der Waals surface area contributed by atoms with Gasteiger partial charge in [0.15, 0.2) is 0 Å². The van der Waals surface area contributed by atoms with Gasteiger partial charge in [-0.15, -0.1) is 0 Å². The van der Waals surface area contributed by atoms with Crippen LogP contribution in [-0.2, 0) is 4.74 Å². The summed E-state index contributed by atoms with van der Waals surface area (Å²) in [5.74, 6) is 0. The number of nitrogens with zero attached hydrogens (tertiary/aromatic N) is 1. The van der Waals surface area contributed by atoms with Crippen LogP contribution in [0.2, 0.25) is 0 Å². The highest BCUT2D eigenvalue weighted by Gasteiger charge is 2.34. The van der Waals surface area contributed by atoms with Crippen LogP contribution in [-0.4, -0.2) is 43.3 Å². The van der Waals surface area contributed by atoms with Crippen LogP contribution in [0.3, 0.4) is 0 Å². The molecule has 1 fully saturated rings. The van der Waals surface area contributed by atoms with E-state index in [4.69, 9.17) is 10.5 Å². The van der Waals surface area contributed by atoms with E-state index in [1.807, 2.05) is 0 Å². The van der Waals surface area contributed by atoms with Gasteiger partial charge in [0.2, 0.25) is 0 Å². The molecule has 0 spiro atoms. The van der Waals surface area contributed by atoms with Crippen molar-refractivity contribution in [1.29, 1.82) is 0 Å². The van der Waals surface area contributed by atoms with E-state index in [0.29, 0.717) is 6.04 Å². The Labute approximate surface area is 94.0 Å². The zero-order valence-corrected chi connectivity index (χ0v) is 10.5. The van der Waals surface area contributed by atoms with E-state index >= 15 is 0 Å². The van der Waals surface area contributed by atoms with Crippen molar-refractivity contribution in [1.82, 2.24) is 4.90 Å². The van der Waals surface area contributed by atoms with Crippen molar-refractivity contribution >= 4 is 0 Å². The minimum Gasteiger partial charge on any atom is -0.385 e. The number of hydrogen-bond acceptors (Lipinski definition) is 3. The summed E-state index contributed by atoms with van der Waals surface area (Å²) in [4.78, 5) is 2.58. The van der Waals surface area contributed by atoms with E-state index in [1.165, 1.54) is 25.8 Å². The topological polar surface area (TPSA) is 38.5 Å². The molecule has 0 radical (unpaired) electrons. The molecule has 0 saturated carbocycles. The largest absolute Gasteiger partial charge is 0.385 e. The molecule has 0 aromatic rings. The van der Waals surface area contributed by atoms with Crippen molar-refractivity contribution in [3.63, 3.8) is 0 Å². The van der Waals surface area contributed by atoms with Crippen LogP contribution in [0.15, 0.2) is 0 Å². The number of likely N-dealkylation sites (tertiary alicyclic amines) is 1. The lowest BCUT2D eigenvalue weighted by atomic mass is 9.90. The van der Waals surface area contributed by atoms with Crippen LogP contribution >= 0.6 is 0 Å². The number of rotatable bonds is 5. The van der Waals surface area contributed by atoms with Crippen LogP contribution in [0.4, 0.5) is 0 Å². The number of nitrogens with two attached hydrogens (primary N) is 1. The lowest BCUT2D eigenvalue weighted by Gasteiger charge is -2.46. The quantitative estimate of drug-likeness (QED) is 0.755. The monoisotopic (exact) mass is 214 g/mol. The van der Waals surface area contributed by atoms with Crippen LogP contribution in [0.5, 0.6) is 0 Å². The summed E-state index contributed by atoms with van der Waals surface area (Å²) >= 11 is 0. The fourth-order valence-corrected chi connectivity index (χ4v) is 2.58. The molecule has 90 valence electrons. The van der Waals surface area contributed by atoms with Crippen LogP contribution in [0.1, 0.15) is 39.5 Å². The van der Waals surface area contributed by atoms with Gasteiger partial charge in [0, 0.05) is 31.8 Å². The predicted molar refractivity (Wildman–Crippen MR) is 64.0 cm³/mol. The van der Waals surface area contributed by atoms with Gasteiger partial charge < -0.3 is 10.5 Å². The molecule has 0 aromatic carbocycles. The number of hydrogen-bond donors (Lipinski definition) is 1. The van der Waals surface area contributed by atoms with Crippen molar-refractivity contribution in [2.24, 2.45) is 5.73 Å². The second kappa shape index (κ2) is 5.83. The number of methoxy groups -OCH3 is 1. The van der Waals surface area contributed by atoms with E-state index in [1.54, 1.807) is 7.11 Å². The Kier molecular flexibility index (Phi) is 5.03. The average Bonchev–Trinajstić information content (AvgIpc) is 2.26. The molecule has 3 heteroatoms. The van der Waals surface area contributed by atoms with E-state index in [-0.39, 0.29) is 5.54 Å². The first-order valence-electron chi connectivity index (χ1n) is 6.10. The smallest absolute Gasteiger partial charge is 0.0480 e. The molecular formula is C12H26N2O. The molecule has 2 atom stereocenters. The molecular weight excluding hydrogens is 188 g/mol. The Morgan fingerprint density at radius 1 is 1.47 bits per heavy atom. The van der Waals surface area contributed by atoms with E-state index < -0.39 is 0 Å². The molecule has 0 aromatic heterocycles. The Hall–Kier alpha value is -0.120. The Morgan fingerprint density at radius 2 is 2.20 bits per heavy atom. The van der Waals surface area contributed by atoms with Gasteiger partial charge >= 0.3 is 0 Å². The van der Waals surface area contributed by atoms with Crippen molar-refractivity contribution in [2.75, 3.05) is 26.8 Å². The second-order valence-electron chi connectivity index (χ2n) is 4.98. The normalized spacial score (nSPS) is 27.6. The molecule has 1 saturated heterocycles. The summed E-state index contributed by atoms with van der Waals surface area (Å²) in [6.07, 6.45) is 5.02.